The quantitative estimate of drug-likeness (QED) is 0.0773. The van der Waals surface area contributed by atoms with Crippen molar-refractivity contribution in [2.24, 2.45) is 0 Å². The molecule has 47 heavy (non-hydrogen) atoms. The maximum absolute atomic E-state index is 13.9. The summed E-state index contributed by atoms with van der Waals surface area (Å²) in [7, 11) is 2.56. The summed E-state index contributed by atoms with van der Waals surface area (Å²) in [4.78, 5) is 26.8. The number of aliphatic hydroxyl groups is 3. The third-order valence-electron chi connectivity index (χ3n) is 7.32. The van der Waals surface area contributed by atoms with E-state index in [4.69, 9.17) is 28.1 Å². The van der Waals surface area contributed by atoms with Crippen LogP contribution in [-0.2, 0) is 14.3 Å². The lowest BCUT2D eigenvalue weighted by molar-refractivity contribution is -0.281. The number of phenols is 4. The summed E-state index contributed by atoms with van der Waals surface area (Å²) >= 11 is 0. The zero-order chi connectivity index (χ0) is 34.0. The highest BCUT2D eigenvalue weighted by Gasteiger charge is 2.48. The van der Waals surface area contributed by atoms with E-state index in [0.29, 0.717) is 5.56 Å². The van der Waals surface area contributed by atoms with E-state index in [0.717, 1.165) is 12.1 Å². The van der Waals surface area contributed by atoms with Crippen LogP contribution in [-0.4, -0.2) is 93.2 Å². The highest BCUT2D eigenvalue weighted by atomic mass is 16.7. The molecule has 0 radical (unpaired) electrons. The molecule has 0 spiro atoms. The molecule has 248 valence electrons. The van der Waals surface area contributed by atoms with Crippen molar-refractivity contribution in [1.29, 1.82) is 0 Å². The fraction of sp³-hybridized carbons (Fsp3) is 0.250. The molecule has 7 N–H and O–H groups in total. The molecule has 5 rings (SSSR count). The summed E-state index contributed by atoms with van der Waals surface area (Å²) in [6.45, 7) is -0.813. The summed E-state index contributed by atoms with van der Waals surface area (Å²) < 4.78 is 32.9. The first kappa shape index (κ1) is 32.9. The molecule has 15 nitrogen and oxygen atoms in total. The lowest BCUT2D eigenvalue weighted by atomic mass is 9.99. The number of aliphatic hydroxyl groups excluding tert-OH is 3. The van der Waals surface area contributed by atoms with E-state index in [1.54, 1.807) is 0 Å². The number of carbonyl (C=O) groups excluding carboxylic acids is 1. The molecule has 2 heterocycles. The van der Waals surface area contributed by atoms with Crippen LogP contribution < -0.4 is 19.6 Å². The average Bonchev–Trinajstić information content (AvgIpc) is 3.06. The van der Waals surface area contributed by atoms with Gasteiger partial charge in [0.05, 0.1) is 20.8 Å². The minimum atomic E-state index is -1.90. The van der Waals surface area contributed by atoms with E-state index in [9.17, 15) is 45.3 Å². The van der Waals surface area contributed by atoms with Crippen molar-refractivity contribution >= 4 is 23.0 Å². The Bertz CT molecular complexity index is 1860. The van der Waals surface area contributed by atoms with Crippen LogP contribution >= 0.6 is 0 Å². The van der Waals surface area contributed by atoms with Gasteiger partial charge in [-0.05, 0) is 48.0 Å². The van der Waals surface area contributed by atoms with Crippen molar-refractivity contribution in [3.05, 3.63) is 70.4 Å². The molecule has 4 aromatic rings. The number of rotatable bonds is 9. The largest absolute Gasteiger partial charge is 0.508 e. The van der Waals surface area contributed by atoms with Gasteiger partial charge in [0, 0.05) is 17.7 Å². The first-order valence-electron chi connectivity index (χ1n) is 13.9. The first-order valence-corrected chi connectivity index (χ1v) is 13.9. The maximum atomic E-state index is 13.9. The van der Waals surface area contributed by atoms with Crippen LogP contribution in [0.2, 0.25) is 0 Å². The molecular formula is C32H30O15. The van der Waals surface area contributed by atoms with Crippen LogP contribution in [0.15, 0.2) is 63.8 Å². The summed E-state index contributed by atoms with van der Waals surface area (Å²) in [5.74, 6) is -3.67. The summed E-state index contributed by atoms with van der Waals surface area (Å²) in [5, 5.41) is 71.8. The number of hydrogen-bond donors (Lipinski definition) is 7. The maximum Gasteiger partial charge on any atom is 0.331 e. The Morgan fingerprint density at radius 1 is 0.915 bits per heavy atom. The third kappa shape index (κ3) is 6.45. The molecule has 1 fully saturated rings. The number of aromatic hydroxyl groups is 4. The monoisotopic (exact) mass is 654 g/mol. The number of phenolic OH excluding ortho intramolecular Hbond substituents is 4. The molecule has 1 aliphatic rings. The molecular weight excluding hydrogens is 624 g/mol. The normalized spacial score (nSPS) is 21.1. The zero-order valence-corrected chi connectivity index (χ0v) is 24.8. The van der Waals surface area contributed by atoms with Gasteiger partial charge < -0.3 is 63.8 Å². The van der Waals surface area contributed by atoms with Gasteiger partial charge >= 0.3 is 5.97 Å². The molecule has 3 aromatic carbocycles. The van der Waals surface area contributed by atoms with E-state index in [-0.39, 0.29) is 34.3 Å². The second kappa shape index (κ2) is 13.5. The van der Waals surface area contributed by atoms with Gasteiger partial charge in [0.1, 0.15) is 35.2 Å². The Morgan fingerprint density at radius 3 is 2.28 bits per heavy atom. The minimum absolute atomic E-state index is 0.130. The molecule has 0 bridgehead atoms. The lowest BCUT2D eigenvalue weighted by Crippen LogP contribution is -2.61. The van der Waals surface area contributed by atoms with Crippen LogP contribution in [0.25, 0.3) is 28.4 Å². The molecule has 1 aromatic heterocycles. The lowest BCUT2D eigenvalue weighted by Gasteiger charge is -2.41. The van der Waals surface area contributed by atoms with Crippen molar-refractivity contribution in [1.82, 2.24) is 0 Å². The Labute approximate surface area is 265 Å². The molecule has 1 saturated heterocycles. The van der Waals surface area contributed by atoms with Crippen LogP contribution in [0, 0.1) is 0 Å². The fourth-order valence-electron chi connectivity index (χ4n) is 4.89. The molecule has 15 heteroatoms. The number of methoxy groups -OCH3 is 2. The fourth-order valence-corrected chi connectivity index (χ4v) is 4.89. The second-order valence-corrected chi connectivity index (χ2v) is 10.3. The molecule has 5 atom stereocenters. The van der Waals surface area contributed by atoms with Crippen molar-refractivity contribution in [2.75, 3.05) is 20.8 Å². The third-order valence-corrected chi connectivity index (χ3v) is 7.32. The standard InChI is InChI=1S/C32H30O15/c1-42-19-11-14(3-9-17(19)35)4-10-22(37)45-31-27(41)24(38)21(13-33)44-32(31)47-30-26(40)23-18(36)12-20(43-2)25(39)29(23)46-28(30)15-5-7-16(34)8-6-15/h3-12,21,24,27,31-36,38-39,41H,13H2,1-2H3. The van der Waals surface area contributed by atoms with Crippen LogP contribution in [0.1, 0.15) is 5.56 Å². The first-order chi connectivity index (χ1) is 22.5. The van der Waals surface area contributed by atoms with Crippen LogP contribution in [0.3, 0.4) is 0 Å². The van der Waals surface area contributed by atoms with Gasteiger partial charge in [0.25, 0.3) is 0 Å². The van der Waals surface area contributed by atoms with Crippen molar-refractivity contribution in [3.8, 4) is 51.6 Å². The topological polar surface area (TPSA) is 235 Å². The zero-order valence-electron chi connectivity index (χ0n) is 24.8. The van der Waals surface area contributed by atoms with Crippen LogP contribution in [0.4, 0.5) is 0 Å². The van der Waals surface area contributed by atoms with Gasteiger partial charge in [-0.25, -0.2) is 4.79 Å². The van der Waals surface area contributed by atoms with Crippen LogP contribution in [0.5, 0.6) is 40.2 Å². The smallest absolute Gasteiger partial charge is 0.331 e. The Balaban J connectivity index is 1.57. The second-order valence-electron chi connectivity index (χ2n) is 10.3. The summed E-state index contributed by atoms with van der Waals surface area (Å²) in [6.07, 6.45) is -6.50. The highest BCUT2D eigenvalue weighted by molar-refractivity contribution is 5.93. The molecule has 0 amide bonds. The van der Waals surface area contributed by atoms with Crippen molar-refractivity contribution in [3.63, 3.8) is 0 Å². The van der Waals surface area contributed by atoms with Gasteiger partial charge in [-0.3, -0.25) is 4.79 Å². The van der Waals surface area contributed by atoms with Gasteiger partial charge in [0.15, 0.2) is 34.7 Å². The van der Waals surface area contributed by atoms with Gasteiger partial charge in [-0.2, -0.15) is 0 Å². The highest BCUT2D eigenvalue weighted by Crippen LogP contribution is 2.43. The van der Waals surface area contributed by atoms with E-state index in [1.807, 2.05) is 0 Å². The minimum Gasteiger partial charge on any atom is -0.508 e. The predicted molar refractivity (Wildman–Crippen MR) is 161 cm³/mol. The molecule has 0 saturated carbocycles. The number of ether oxygens (including phenoxy) is 5. The number of carbonyl (C=O) groups is 1. The van der Waals surface area contributed by atoms with Gasteiger partial charge in [-0.15, -0.1) is 0 Å². The van der Waals surface area contributed by atoms with Gasteiger partial charge in [0.2, 0.25) is 23.2 Å². The number of esters is 1. The SMILES string of the molecule is COc1cc(C=CC(=O)OC2C(Oc3c(-c4ccc(O)cc4)oc4c(O)c(OC)cc(O)c4c3=O)OC(CO)C(O)C2O)ccc1O. The van der Waals surface area contributed by atoms with E-state index in [1.165, 1.54) is 62.8 Å². The van der Waals surface area contributed by atoms with E-state index < -0.39 is 76.9 Å². The number of fused-ring (bicyclic) bond motifs is 1. The number of benzene rings is 3. The number of hydrogen-bond acceptors (Lipinski definition) is 15. The molecule has 1 aliphatic heterocycles. The Hall–Kier alpha value is -5.48. The van der Waals surface area contributed by atoms with Gasteiger partial charge in [-0.1, -0.05) is 6.07 Å². The molecule has 0 aliphatic carbocycles. The summed E-state index contributed by atoms with van der Waals surface area (Å²) in [5.41, 5.74) is -0.957. The molecule has 5 unspecified atom stereocenters. The average molecular weight is 655 g/mol. The van der Waals surface area contributed by atoms with Crippen molar-refractivity contribution < 1.29 is 68.6 Å². The van der Waals surface area contributed by atoms with Crippen molar-refractivity contribution in [2.45, 2.75) is 30.7 Å². The Morgan fingerprint density at radius 2 is 1.62 bits per heavy atom. The predicted octanol–water partition coefficient (Wildman–Crippen LogP) is 1.74. The van der Waals surface area contributed by atoms with E-state index in [2.05, 4.69) is 0 Å². The van der Waals surface area contributed by atoms with E-state index >= 15 is 0 Å². The summed E-state index contributed by atoms with van der Waals surface area (Å²) in [6, 6.07) is 10.5. The Kier molecular flexibility index (Phi) is 9.44.